The number of aromatic nitrogens is 1. The summed E-state index contributed by atoms with van der Waals surface area (Å²) in [5.41, 5.74) is 3.26. The van der Waals surface area contributed by atoms with E-state index in [9.17, 15) is 9.59 Å². The van der Waals surface area contributed by atoms with Crippen LogP contribution in [0.5, 0.6) is 5.75 Å². The standard InChI is InChI=1S/C20H26N4O3S/c1-2-6-21-19(25)12-23-7-9-24(10-8-23)20(26)16-4-3-5-18(11-16)27-13-17-14-28-15-22-17/h3-5,11,14-15H,2,6-10,12-13H2,1H3,(H,21,25). The molecule has 1 fully saturated rings. The molecule has 0 saturated carbocycles. The molecule has 150 valence electrons. The predicted molar refractivity (Wildman–Crippen MR) is 109 cm³/mol. The van der Waals surface area contributed by atoms with Crippen LogP contribution in [0, 0.1) is 0 Å². The van der Waals surface area contributed by atoms with Crippen LogP contribution in [0.15, 0.2) is 35.2 Å². The molecule has 1 aliphatic heterocycles. The minimum atomic E-state index is -0.00538. The number of thiazole rings is 1. The quantitative estimate of drug-likeness (QED) is 0.731. The van der Waals surface area contributed by atoms with Crippen LogP contribution in [-0.4, -0.2) is 65.9 Å². The first-order chi connectivity index (χ1) is 13.7. The molecule has 3 rings (SSSR count). The van der Waals surface area contributed by atoms with Gasteiger partial charge in [0.25, 0.3) is 5.91 Å². The van der Waals surface area contributed by atoms with Gasteiger partial charge in [0.1, 0.15) is 12.4 Å². The number of nitrogens with one attached hydrogen (secondary N) is 1. The summed E-state index contributed by atoms with van der Waals surface area (Å²) in [5, 5.41) is 4.83. The highest BCUT2D eigenvalue weighted by atomic mass is 32.1. The monoisotopic (exact) mass is 402 g/mol. The average Bonchev–Trinajstić information content (AvgIpc) is 3.25. The number of rotatable bonds is 8. The molecule has 8 heteroatoms. The van der Waals surface area contributed by atoms with E-state index < -0.39 is 0 Å². The molecule has 7 nitrogen and oxygen atoms in total. The fraction of sp³-hybridized carbons (Fsp3) is 0.450. The number of benzene rings is 1. The Morgan fingerprint density at radius 1 is 1.25 bits per heavy atom. The minimum absolute atomic E-state index is 0.00538. The largest absolute Gasteiger partial charge is 0.487 e. The maximum absolute atomic E-state index is 12.8. The number of nitrogens with zero attached hydrogens (tertiary/aromatic N) is 3. The molecule has 0 bridgehead atoms. The first kappa shape index (κ1) is 20.3. The second-order valence-electron chi connectivity index (χ2n) is 6.71. The van der Waals surface area contributed by atoms with E-state index in [0.29, 0.717) is 57.2 Å². The first-order valence-corrected chi connectivity index (χ1v) is 10.5. The van der Waals surface area contributed by atoms with Gasteiger partial charge in [-0.05, 0) is 24.6 Å². The van der Waals surface area contributed by atoms with Gasteiger partial charge in [0.2, 0.25) is 5.91 Å². The van der Waals surface area contributed by atoms with Crippen molar-refractivity contribution in [2.45, 2.75) is 20.0 Å². The molecule has 1 aliphatic rings. The molecule has 2 amide bonds. The van der Waals surface area contributed by atoms with Crippen molar-refractivity contribution in [1.82, 2.24) is 20.1 Å². The van der Waals surface area contributed by atoms with Gasteiger partial charge in [-0.15, -0.1) is 11.3 Å². The normalized spacial score (nSPS) is 14.7. The lowest BCUT2D eigenvalue weighted by molar-refractivity contribution is -0.122. The highest BCUT2D eigenvalue weighted by Crippen LogP contribution is 2.17. The van der Waals surface area contributed by atoms with Crippen LogP contribution in [0.25, 0.3) is 0 Å². The summed E-state index contributed by atoms with van der Waals surface area (Å²) >= 11 is 1.53. The number of ether oxygens (including phenoxy) is 1. The van der Waals surface area contributed by atoms with Crippen molar-refractivity contribution >= 4 is 23.2 Å². The van der Waals surface area contributed by atoms with Crippen molar-refractivity contribution in [3.63, 3.8) is 0 Å². The second-order valence-corrected chi connectivity index (χ2v) is 7.43. The molecule has 1 aromatic heterocycles. The summed E-state index contributed by atoms with van der Waals surface area (Å²) < 4.78 is 5.74. The highest BCUT2D eigenvalue weighted by molar-refractivity contribution is 7.07. The number of carbonyl (C=O) groups is 2. The van der Waals surface area contributed by atoms with Gasteiger partial charge >= 0.3 is 0 Å². The number of hydrogen-bond acceptors (Lipinski definition) is 6. The molecule has 0 aliphatic carbocycles. The zero-order chi connectivity index (χ0) is 19.8. The van der Waals surface area contributed by atoms with Gasteiger partial charge in [0.05, 0.1) is 17.7 Å². The van der Waals surface area contributed by atoms with E-state index in [2.05, 4.69) is 15.2 Å². The van der Waals surface area contributed by atoms with E-state index in [4.69, 9.17) is 4.74 Å². The molecule has 2 heterocycles. The zero-order valence-electron chi connectivity index (χ0n) is 16.1. The third kappa shape index (κ3) is 5.77. The van der Waals surface area contributed by atoms with Crippen LogP contribution in [0.3, 0.4) is 0 Å². The van der Waals surface area contributed by atoms with Crippen LogP contribution in [0.1, 0.15) is 29.4 Å². The fourth-order valence-electron chi connectivity index (χ4n) is 3.00. The smallest absolute Gasteiger partial charge is 0.254 e. The minimum Gasteiger partial charge on any atom is -0.487 e. The van der Waals surface area contributed by atoms with Crippen LogP contribution >= 0.6 is 11.3 Å². The zero-order valence-corrected chi connectivity index (χ0v) is 16.9. The van der Waals surface area contributed by atoms with Gasteiger partial charge in [-0.1, -0.05) is 13.0 Å². The Balaban J connectivity index is 1.49. The maximum atomic E-state index is 12.8. The van der Waals surface area contributed by atoms with Crippen molar-refractivity contribution in [3.8, 4) is 5.75 Å². The fourth-order valence-corrected chi connectivity index (χ4v) is 3.54. The third-order valence-electron chi connectivity index (χ3n) is 4.55. The van der Waals surface area contributed by atoms with Crippen molar-refractivity contribution < 1.29 is 14.3 Å². The van der Waals surface area contributed by atoms with Crippen molar-refractivity contribution in [2.75, 3.05) is 39.3 Å². The number of carbonyl (C=O) groups excluding carboxylic acids is 2. The van der Waals surface area contributed by atoms with E-state index in [1.54, 1.807) is 11.6 Å². The first-order valence-electron chi connectivity index (χ1n) is 9.54. The molecule has 2 aromatic rings. The Labute approximate surface area is 169 Å². The molecule has 0 unspecified atom stereocenters. The summed E-state index contributed by atoms with van der Waals surface area (Å²) in [4.78, 5) is 32.8. The Hall–Kier alpha value is -2.45. The number of hydrogen-bond donors (Lipinski definition) is 1. The molecule has 1 N–H and O–H groups in total. The Morgan fingerprint density at radius 2 is 2.07 bits per heavy atom. The molecule has 28 heavy (non-hydrogen) atoms. The topological polar surface area (TPSA) is 74.8 Å². The molecule has 0 atom stereocenters. The van der Waals surface area contributed by atoms with Crippen molar-refractivity contribution in [3.05, 3.63) is 46.4 Å². The Morgan fingerprint density at radius 3 is 2.79 bits per heavy atom. The van der Waals surface area contributed by atoms with E-state index in [1.807, 2.05) is 35.4 Å². The van der Waals surface area contributed by atoms with Crippen LogP contribution < -0.4 is 10.1 Å². The Bertz CT molecular complexity index is 774. The van der Waals surface area contributed by atoms with E-state index in [1.165, 1.54) is 11.3 Å². The van der Waals surface area contributed by atoms with Gasteiger partial charge in [-0.25, -0.2) is 4.98 Å². The molecule has 1 aromatic carbocycles. The summed E-state index contributed by atoms with van der Waals surface area (Å²) in [6.07, 6.45) is 0.931. The summed E-state index contributed by atoms with van der Waals surface area (Å²) in [6, 6.07) is 7.26. The lowest BCUT2D eigenvalue weighted by atomic mass is 10.1. The van der Waals surface area contributed by atoms with Gasteiger partial charge in [-0.2, -0.15) is 0 Å². The van der Waals surface area contributed by atoms with Gasteiger partial charge in [0.15, 0.2) is 0 Å². The van der Waals surface area contributed by atoms with Crippen LogP contribution in [0.2, 0.25) is 0 Å². The average molecular weight is 403 g/mol. The molecular weight excluding hydrogens is 376 g/mol. The van der Waals surface area contributed by atoms with Gasteiger partial charge in [0, 0.05) is 43.7 Å². The molecule has 0 radical (unpaired) electrons. The summed E-state index contributed by atoms with van der Waals surface area (Å²) in [6.45, 7) is 6.15. The lowest BCUT2D eigenvalue weighted by Crippen LogP contribution is -2.51. The number of piperazine rings is 1. The maximum Gasteiger partial charge on any atom is 0.254 e. The van der Waals surface area contributed by atoms with Gasteiger partial charge in [-0.3, -0.25) is 14.5 Å². The summed E-state index contributed by atoms with van der Waals surface area (Å²) in [5.74, 6) is 0.700. The molecule has 1 saturated heterocycles. The van der Waals surface area contributed by atoms with E-state index in [0.717, 1.165) is 12.1 Å². The predicted octanol–water partition coefficient (Wildman–Crippen LogP) is 2.01. The van der Waals surface area contributed by atoms with E-state index in [-0.39, 0.29) is 11.8 Å². The second kappa shape index (κ2) is 10.2. The SMILES string of the molecule is CCCNC(=O)CN1CCN(C(=O)c2cccc(OCc3cscn3)c2)CC1. The lowest BCUT2D eigenvalue weighted by Gasteiger charge is -2.34. The Kier molecular flexibility index (Phi) is 7.39. The van der Waals surface area contributed by atoms with Crippen molar-refractivity contribution in [2.24, 2.45) is 0 Å². The summed E-state index contributed by atoms with van der Waals surface area (Å²) in [7, 11) is 0. The molecule has 0 spiro atoms. The molecular formula is C20H26N4O3S. The third-order valence-corrected chi connectivity index (χ3v) is 5.19. The van der Waals surface area contributed by atoms with E-state index >= 15 is 0 Å². The van der Waals surface area contributed by atoms with Gasteiger partial charge < -0.3 is 15.0 Å². The van der Waals surface area contributed by atoms with Crippen LogP contribution in [-0.2, 0) is 11.4 Å². The van der Waals surface area contributed by atoms with Crippen LogP contribution in [0.4, 0.5) is 0 Å². The van der Waals surface area contributed by atoms with Crippen molar-refractivity contribution in [1.29, 1.82) is 0 Å². The highest BCUT2D eigenvalue weighted by Gasteiger charge is 2.23. The number of amides is 2.